The smallest absolute Gasteiger partial charge is 0.120 e. The lowest BCUT2D eigenvalue weighted by molar-refractivity contribution is 0.242. The molecular formula is C25H25NO. The monoisotopic (exact) mass is 355 g/mol. The summed E-state index contributed by atoms with van der Waals surface area (Å²) in [6, 6.07) is 22.3. The van der Waals surface area contributed by atoms with Crippen molar-refractivity contribution in [2.75, 3.05) is 5.32 Å². The number of fused-ring (bicyclic) bond motifs is 4. The summed E-state index contributed by atoms with van der Waals surface area (Å²) in [5, 5.41) is 6.45. The lowest BCUT2D eigenvalue weighted by atomic mass is 9.77. The number of nitrogens with one attached hydrogen (secondary N) is 1. The van der Waals surface area contributed by atoms with Crippen LogP contribution in [0.2, 0.25) is 0 Å². The average Bonchev–Trinajstić information content (AvgIpc) is 3.17. The molecule has 3 aromatic rings. The molecule has 1 aliphatic carbocycles. The van der Waals surface area contributed by atoms with Crippen molar-refractivity contribution in [1.82, 2.24) is 0 Å². The first-order valence-electron chi connectivity index (χ1n) is 9.91. The molecule has 3 aromatic carbocycles. The molecule has 3 atom stereocenters. The summed E-state index contributed by atoms with van der Waals surface area (Å²) < 4.78 is 5.94. The molecule has 0 aromatic heterocycles. The van der Waals surface area contributed by atoms with E-state index in [1.807, 2.05) is 0 Å². The van der Waals surface area contributed by atoms with E-state index in [-0.39, 0.29) is 6.10 Å². The number of benzene rings is 3. The highest BCUT2D eigenvalue weighted by Crippen LogP contribution is 2.50. The second kappa shape index (κ2) is 6.45. The highest BCUT2D eigenvalue weighted by molar-refractivity contribution is 5.83. The molecule has 0 saturated heterocycles. The van der Waals surface area contributed by atoms with Crippen molar-refractivity contribution >= 4 is 16.5 Å². The van der Waals surface area contributed by atoms with Crippen LogP contribution in [0.25, 0.3) is 10.8 Å². The van der Waals surface area contributed by atoms with Gasteiger partial charge in [-0.25, -0.2) is 0 Å². The van der Waals surface area contributed by atoms with Crippen LogP contribution in [0.3, 0.4) is 0 Å². The first-order valence-corrected chi connectivity index (χ1v) is 9.91. The van der Waals surface area contributed by atoms with E-state index >= 15 is 0 Å². The Morgan fingerprint density at radius 1 is 0.963 bits per heavy atom. The lowest BCUT2D eigenvalue weighted by Crippen LogP contribution is -2.29. The van der Waals surface area contributed by atoms with Crippen molar-refractivity contribution in [3.63, 3.8) is 0 Å². The molecule has 1 N–H and O–H groups in total. The zero-order valence-corrected chi connectivity index (χ0v) is 15.9. The highest BCUT2D eigenvalue weighted by atomic mass is 16.5. The third-order valence-electron chi connectivity index (χ3n) is 5.84. The number of rotatable bonds is 3. The summed E-state index contributed by atoms with van der Waals surface area (Å²) in [5.41, 5.74) is 3.97. The second-order valence-corrected chi connectivity index (χ2v) is 8.00. The summed E-state index contributed by atoms with van der Waals surface area (Å²) in [6.07, 6.45) is 6.04. The van der Waals surface area contributed by atoms with E-state index in [1.54, 1.807) is 0 Å². The van der Waals surface area contributed by atoms with Crippen LogP contribution in [0.4, 0.5) is 5.69 Å². The minimum absolute atomic E-state index is 0.194. The van der Waals surface area contributed by atoms with E-state index < -0.39 is 0 Å². The maximum atomic E-state index is 5.94. The van der Waals surface area contributed by atoms with Gasteiger partial charge >= 0.3 is 0 Å². The van der Waals surface area contributed by atoms with Gasteiger partial charge in [-0.15, -0.1) is 0 Å². The van der Waals surface area contributed by atoms with Crippen LogP contribution in [0, 0.1) is 5.92 Å². The van der Waals surface area contributed by atoms with E-state index in [0.29, 0.717) is 17.9 Å². The molecule has 2 nitrogen and oxygen atoms in total. The number of hydrogen-bond acceptors (Lipinski definition) is 2. The maximum absolute atomic E-state index is 5.94. The molecule has 2 heteroatoms. The van der Waals surface area contributed by atoms with E-state index in [9.17, 15) is 0 Å². The van der Waals surface area contributed by atoms with Crippen molar-refractivity contribution < 1.29 is 4.74 Å². The Kier molecular flexibility index (Phi) is 3.93. The molecular weight excluding hydrogens is 330 g/mol. The van der Waals surface area contributed by atoms with Crippen LogP contribution in [0.5, 0.6) is 5.75 Å². The topological polar surface area (TPSA) is 21.3 Å². The van der Waals surface area contributed by atoms with Gasteiger partial charge in [0.1, 0.15) is 5.75 Å². The molecule has 0 bridgehead atoms. The van der Waals surface area contributed by atoms with Gasteiger partial charge in [0.2, 0.25) is 0 Å². The number of allylic oxidation sites excluding steroid dienone is 2. The van der Waals surface area contributed by atoms with Crippen molar-refractivity contribution in [3.8, 4) is 5.75 Å². The second-order valence-electron chi connectivity index (χ2n) is 8.00. The van der Waals surface area contributed by atoms with Crippen LogP contribution in [0.1, 0.15) is 43.4 Å². The number of ether oxygens (including phenoxy) is 1. The Hall–Kier alpha value is -2.74. The fourth-order valence-electron chi connectivity index (χ4n) is 4.65. The van der Waals surface area contributed by atoms with Gasteiger partial charge in [-0.1, -0.05) is 48.6 Å². The molecule has 0 spiro atoms. The Bertz CT molecular complexity index is 1020. The zero-order chi connectivity index (χ0) is 18.4. The molecule has 3 unspecified atom stereocenters. The largest absolute Gasteiger partial charge is 0.491 e. The zero-order valence-electron chi connectivity index (χ0n) is 15.9. The Labute approximate surface area is 160 Å². The number of anilines is 1. The highest BCUT2D eigenvalue weighted by Gasteiger charge is 2.38. The first kappa shape index (κ1) is 16.4. The van der Waals surface area contributed by atoms with Gasteiger partial charge in [-0.05, 0) is 72.4 Å². The maximum Gasteiger partial charge on any atom is 0.120 e. The number of hydrogen-bond donors (Lipinski definition) is 1. The van der Waals surface area contributed by atoms with Crippen LogP contribution in [-0.4, -0.2) is 6.10 Å². The summed E-state index contributed by atoms with van der Waals surface area (Å²) >= 11 is 0. The fraction of sp³-hybridized carbons (Fsp3) is 0.280. The predicted octanol–water partition coefficient (Wildman–Crippen LogP) is 6.45. The standard InChI is InChI=1S/C25H25NO/c1-16(2)27-20-12-13-24-23(15-20)21-8-5-9-22(21)25(26-24)19-11-10-17-6-3-4-7-18(17)14-19/h3-8,10-16,21-22,25-26H,9H2,1-2H3. The van der Waals surface area contributed by atoms with Gasteiger partial charge in [0.05, 0.1) is 12.1 Å². The van der Waals surface area contributed by atoms with Crippen molar-refractivity contribution in [2.45, 2.75) is 38.3 Å². The minimum atomic E-state index is 0.194. The minimum Gasteiger partial charge on any atom is -0.491 e. The molecule has 136 valence electrons. The van der Waals surface area contributed by atoms with Gasteiger partial charge in [0.15, 0.2) is 0 Å². The Balaban J connectivity index is 1.54. The normalized spacial score (nSPS) is 23.1. The van der Waals surface area contributed by atoms with Crippen molar-refractivity contribution in [2.24, 2.45) is 5.92 Å². The van der Waals surface area contributed by atoms with Crippen molar-refractivity contribution in [3.05, 3.63) is 83.9 Å². The predicted molar refractivity (Wildman–Crippen MR) is 113 cm³/mol. The van der Waals surface area contributed by atoms with Gasteiger partial charge in [0, 0.05) is 11.6 Å². The third kappa shape index (κ3) is 2.90. The summed E-state index contributed by atoms with van der Waals surface area (Å²) in [7, 11) is 0. The molecule has 0 saturated carbocycles. The Morgan fingerprint density at radius 2 is 1.81 bits per heavy atom. The van der Waals surface area contributed by atoms with Gasteiger partial charge in [-0.3, -0.25) is 0 Å². The van der Waals surface area contributed by atoms with E-state index in [1.165, 1.54) is 27.6 Å². The van der Waals surface area contributed by atoms with Crippen molar-refractivity contribution in [1.29, 1.82) is 0 Å². The van der Waals surface area contributed by atoms with Gasteiger partial charge in [-0.2, -0.15) is 0 Å². The SMILES string of the molecule is CC(C)Oc1ccc2c(c1)C1C=CCC1C(c1ccc3ccccc3c1)N2. The fourth-order valence-corrected chi connectivity index (χ4v) is 4.65. The average molecular weight is 355 g/mol. The van der Waals surface area contributed by atoms with E-state index in [0.717, 1.165) is 12.2 Å². The molecule has 0 fully saturated rings. The summed E-state index contributed by atoms with van der Waals surface area (Å²) in [6.45, 7) is 4.15. The van der Waals surface area contributed by atoms with Gasteiger partial charge in [0.25, 0.3) is 0 Å². The summed E-state index contributed by atoms with van der Waals surface area (Å²) in [4.78, 5) is 0. The Morgan fingerprint density at radius 3 is 2.67 bits per heavy atom. The van der Waals surface area contributed by atoms with Crippen LogP contribution in [0.15, 0.2) is 72.8 Å². The van der Waals surface area contributed by atoms with Crippen LogP contribution < -0.4 is 10.1 Å². The first-order chi connectivity index (χ1) is 13.2. The van der Waals surface area contributed by atoms with Crippen LogP contribution >= 0.6 is 0 Å². The van der Waals surface area contributed by atoms with Gasteiger partial charge < -0.3 is 10.1 Å². The molecule has 27 heavy (non-hydrogen) atoms. The molecule has 1 aliphatic heterocycles. The molecule has 0 radical (unpaired) electrons. The molecule has 1 heterocycles. The van der Waals surface area contributed by atoms with E-state index in [4.69, 9.17) is 4.74 Å². The quantitative estimate of drug-likeness (QED) is 0.545. The van der Waals surface area contributed by atoms with Crippen LogP contribution in [-0.2, 0) is 0 Å². The molecule has 2 aliphatic rings. The summed E-state index contributed by atoms with van der Waals surface area (Å²) in [5.74, 6) is 1.97. The molecule has 0 amide bonds. The lowest BCUT2D eigenvalue weighted by Gasteiger charge is -2.38. The van der Waals surface area contributed by atoms with E-state index in [2.05, 4.69) is 92.0 Å². The third-order valence-corrected chi connectivity index (χ3v) is 5.84. The molecule has 5 rings (SSSR count).